The molecule has 0 spiro atoms. The van der Waals surface area contributed by atoms with Gasteiger partial charge in [-0.25, -0.2) is 0 Å². The number of aliphatic carboxylic acids is 1. The van der Waals surface area contributed by atoms with Crippen LogP contribution in [0.25, 0.3) is 34.0 Å². The molecular weight excluding hydrogens is 398 g/mol. The van der Waals surface area contributed by atoms with Crippen molar-refractivity contribution in [3.8, 4) is 0 Å². The first kappa shape index (κ1) is 21.4. The van der Waals surface area contributed by atoms with E-state index in [1.165, 1.54) is 0 Å². The van der Waals surface area contributed by atoms with Gasteiger partial charge in [0.15, 0.2) is 0 Å². The van der Waals surface area contributed by atoms with E-state index in [0.717, 1.165) is 32.9 Å². The molecule has 1 unspecified atom stereocenters. The molecule has 0 amide bonds. The minimum atomic E-state index is -0.837. The van der Waals surface area contributed by atoms with Crippen LogP contribution in [-0.2, 0) is 4.79 Å². The van der Waals surface area contributed by atoms with E-state index in [9.17, 15) is 9.90 Å². The zero-order valence-electron chi connectivity index (χ0n) is 17.9. The van der Waals surface area contributed by atoms with Gasteiger partial charge in [0.1, 0.15) is 6.04 Å². The fourth-order valence-electron chi connectivity index (χ4n) is 3.70. The molecule has 32 heavy (non-hydrogen) atoms. The maximum Gasteiger partial charge on any atom is 0.320 e. The molecule has 0 bridgehead atoms. The van der Waals surface area contributed by atoms with Gasteiger partial charge in [-0.15, -0.1) is 0 Å². The second-order valence-corrected chi connectivity index (χ2v) is 7.61. The Kier molecular flexibility index (Phi) is 6.68. The summed E-state index contributed by atoms with van der Waals surface area (Å²) in [6.07, 6.45) is 11.7. The number of nitrogens with zero attached hydrogens (tertiary/aromatic N) is 3. The number of para-hydroxylation sites is 2. The molecule has 2 aromatic heterocycles. The van der Waals surface area contributed by atoms with Crippen LogP contribution >= 0.6 is 0 Å². The Labute approximate surface area is 187 Å². The molecule has 5 heteroatoms. The highest BCUT2D eigenvalue weighted by atomic mass is 16.4. The zero-order valence-corrected chi connectivity index (χ0v) is 17.9. The lowest BCUT2D eigenvalue weighted by molar-refractivity contribution is -0.142. The zero-order chi connectivity index (χ0) is 22.3. The van der Waals surface area contributed by atoms with E-state index in [4.69, 9.17) is 0 Å². The summed E-state index contributed by atoms with van der Waals surface area (Å²) in [6.45, 7) is 2.75. The van der Waals surface area contributed by atoms with Gasteiger partial charge in [0, 0.05) is 36.3 Å². The number of aromatic nitrogens is 2. The second kappa shape index (κ2) is 9.98. The Morgan fingerprint density at radius 1 is 0.844 bits per heavy atom. The lowest BCUT2D eigenvalue weighted by Gasteiger charge is -2.23. The smallest absolute Gasteiger partial charge is 0.320 e. The van der Waals surface area contributed by atoms with Crippen LogP contribution in [0.15, 0.2) is 85.2 Å². The van der Waals surface area contributed by atoms with Gasteiger partial charge in [-0.3, -0.25) is 19.7 Å². The highest BCUT2D eigenvalue weighted by Crippen LogP contribution is 2.19. The first-order valence-electron chi connectivity index (χ1n) is 10.6. The van der Waals surface area contributed by atoms with Crippen LogP contribution in [0, 0.1) is 0 Å². The minimum Gasteiger partial charge on any atom is -0.480 e. The second-order valence-electron chi connectivity index (χ2n) is 7.61. The molecule has 0 radical (unpaired) electrons. The van der Waals surface area contributed by atoms with Crippen molar-refractivity contribution in [2.45, 2.75) is 13.0 Å². The number of benzene rings is 2. The molecule has 5 nitrogen and oxygen atoms in total. The highest BCUT2D eigenvalue weighted by molar-refractivity contribution is 5.88. The summed E-state index contributed by atoms with van der Waals surface area (Å²) in [5.74, 6) is -0.837. The minimum absolute atomic E-state index is 0.519. The summed E-state index contributed by atoms with van der Waals surface area (Å²) < 4.78 is 0. The molecule has 0 fully saturated rings. The summed E-state index contributed by atoms with van der Waals surface area (Å²) in [5.41, 5.74) is 4.02. The predicted octanol–water partition coefficient (Wildman–Crippen LogP) is 5.28. The van der Waals surface area contributed by atoms with Gasteiger partial charge in [0.25, 0.3) is 0 Å². The van der Waals surface area contributed by atoms with Crippen molar-refractivity contribution >= 4 is 39.9 Å². The van der Waals surface area contributed by atoms with Gasteiger partial charge in [0.2, 0.25) is 0 Å². The first-order chi connectivity index (χ1) is 15.6. The normalized spacial score (nSPS) is 12.9. The van der Waals surface area contributed by atoms with E-state index in [0.29, 0.717) is 13.1 Å². The summed E-state index contributed by atoms with van der Waals surface area (Å²) in [7, 11) is 0. The SMILES string of the molecule is CC(C(=O)O)N(C/C=C/c1ccnc2ccccc12)C/C=C/c1ccnc2ccccc12. The van der Waals surface area contributed by atoms with E-state index in [1.807, 2.05) is 89.9 Å². The summed E-state index contributed by atoms with van der Waals surface area (Å²) >= 11 is 0. The molecule has 2 heterocycles. The van der Waals surface area contributed by atoms with Crippen molar-refractivity contribution in [1.29, 1.82) is 0 Å². The van der Waals surface area contributed by atoms with E-state index < -0.39 is 12.0 Å². The maximum absolute atomic E-state index is 11.7. The monoisotopic (exact) mass is 423 g/mol. The molecular formula is C27H25N3O2. The number of carboxylic acids is 1. The number of hydrogen-bond acceptors (Lipinski definition) is 4. The van der Waals surface area contributed by atoms with Crippen LogP contribution in [-0.4, -0.2) is 45.1 Å². The van der Waals surface area contributed by atoms with Gasteiger partial charge in [-0.05, 0) is 42.3 Å². The van der Waals surface area contributed by atoms with Gasteiger partial charge < -0.3 is 5.11 Å². The van der Waals surface area contributed by atoms with Crippen LogP contribution in [0.1, 0.15) is 18.1 Å². The number of rotatable bonds is 8. The van der Waals surface area contributed by atoms with Crippen LogP contribution in [0.2, 0.25) is 0 Å². The van der Waals surface area contributed by atoms with Gasteiger partial charge in [0.05, 0.1) is 11.0 Å². The molecule has 1 atom stereocenters. The number of fused-ring (bicyclic) bond motifs is 2. The standard InChI is InChI=1S/C27H25N3O2/c1-20(27(31)32)30(18-6-8-21-14-16-28-25-12-4-2-10-23(21)25)19-7-9-22-15-17-29-26-13-5-3-11-24(22)26/h2-17,20H,18-19H2,1H3,(H,31,32)/b8-6+,9-7+. The molecule has 0 aliphatic carbocycles. The van der Waals surface area contributed by atoms with Gasteiger partial charge in [-0.2, -0.15) is 0 Å². The number of hydrogen-bond donors (Lipinski definition) is 1. The molecule has 2 aromatic carbocycles. The number of pyridine rings is 2. The van der Waals surface area contributed by atoms with Crippen LogP contribution < -0.4 is 0 Å². The topological polar surface area (TPSA) is 66.3 Å². The predicted molar refractivity (Wildman–Crippen MR) is 130 cm³/mol. The van der Waals surface area contributed by atoms with Crippen molar-refractivity contribution in [1.82, 2.24) is 14.9 Å². The largest absolute Gasteiger partial charge is 0.480 e. The Morgan fingerprint density at radius 3 is 1.78 bits per heavy atom. The molecule has 160 valence electrons. The quantitative estimate of drug-likeness (QED) is 0.417. The molecule has 0 saturated heterocycles. The fraction of sp³-hybridized carbons (Fsp3) is 0.148. The van der Waals surface area contributed by atoms with Crippen LogP contribution in [0.4, 0.5) is 0 Å². The average molecular weight is 424 g/mol. The highest BCUT2D eigenvalue weighted by Gasteiger charge is 2.18. The Balaban J connectivity index is 1.50. The van der Waals surface area contributed by atoms with Crippen molar-refractivity contribution in [2.75, 3.05) is 13.1 Å². The molecule has 4 aromatic rings. The summed E-state index contributed by atoms with van der Waals surface area (Å²) in [4.78, 5) is 22.4. The lowest BCUT2D eigenvalue weighted by Crippen LogP contribution is -2.39. The van der Waals surface area contributed by atoms with Gasteiger partial charge in [-0.1, -0.05) is 60.7 Å². The molecule has 0 aliphatic heterocycles. The third kappa shape index (κ3) is 4.90. The maximum atomic E-state index is 11.7. The molecule has 4 rings (SSSR count). The average Bonchev–Trinajstić information content (AvgIpc) is 2.83. The Hall–Kier alpha value is -3.83. The fourth-order valence-corrected chi connectivity index (χ4v) is 3.70. The van der Waals surface area contributed by atoms with Crippen molar-refractivity contribution in [2.24, 2.45) is 0 Å². The number of carboxylic acid groups (broad SMARTS) is 1. The molecule has 1 N–H and O–H groups in total. The van der Waals surface area contributed by atoms with Crippen molar-refractivity contribution in [3.63, 3.8) is 0 Å². The van der Waals surface area contributed by atoms with E-state index >= 15 is 0 Å². The van der Waals surface area contributed by atoms with E-state index in [2.05, 4.69) is 9.97 Å². The van der Waals surface area contributed by atoms with Crippen LogP contribution in [0.3, 0.4) is 0 Å². The van der Waals surface area contributed by atoms with E-state index in [-0.39, 0.29) is 0 Å². The number of carbonyl (C=O) groups is 1. The van der Waals surface area contributed by atoms with Crippen molar-refractivity contribution < 1.29 is 9.90 Å². The van der Waals surface area contributed by atoms with Crippen molar-refractivity contribution in [3.05, 3.63) is 96.3 Å². The van der Waals surface area contributed by atoms with Gasteiger partial charge >= 0.3 is 5.97 Å². The third-order valence-corrected chi connectivity index (χ3v) is 5.55. The van der Waals surface area contributed by atoms with Crippen LogP contribution in [0.5, 0.6) is 0 Å². The molecule has 0 aliphatic rings. The Bertz CT molecular complexity index is 1190. The third-order valence-electron chi connectivity index (χ3n) is 5.55. The lowest BCUT2D eigenvalue weighted by atomic mass is 10.1. The molecule has 0 saturated carbocycles. The first-order valence-corrected chi connectivity index (χ1v) is 10.6. The Morgan fingerprint density at radius 2 is 1.31 bits per heavy atom. The van der Waals surface area contributed by atoms with E-state index in [1.54, 1.807) is 19.3 Å². The summed E-state index contributed by atoms with van der Waals surface area (Å²) in [5, 5.41) is 11.7. The summed E-state index contributed by atoms with van der Waals surface area (Å²) in [6, 6.07) is 19.3.